The molecule has 5 rings (SSSR count). The minimum atomic E-state index is -0.324. The number of halogens is 1. The van der Waals surface area contributed by atoms with Gasteiger partial charge in [-0.15, -0.1) is 0 Å². The Morgan fingerprint density at radius 1 is 1.30 bits per heavy atom. The van der Waals surface area contributed by atoms with Crippen LogP contribution in [0.5, 0.6) is 0 Å². The molecule has 7 heteroatoms. The molecule has 6 nitrogen and oxygen atoms in total. The molecule has 3 aliphatic rings. The quantitative estimate of drug-likeness (QED) is 0.634. The van der Waals surface area contributed by atoms with Gasteiger partial charge in [0.05, 0.1) is 17.9 Å². The first-order chi connectivity index (χ1) is 15.8. The largest absolute Gasteiger partial charge is 0.370 e. The fraction of sp³-hybridized carbons (Fsp3) is 0.423. The average Bonchev–Trinajstić information content (AvgIpc) is 3.22. The van der Waals surface area contributed by atoms with Crippen LogP contribution in [0.1, 0.15) is 37.1 Å². The molecule has 0 bridgehead atoms. The lowest BCUT2D eigenvalue weighted by molar-refractivity contribution is -0.136. The fourth-order valence-corrected chi connectivity index (χ4v) is 5.63. The molecular weight excluding hydrogens is 436 g/mol. The zero-order valence-electron chi connectivity index (χ0n) is 19.0. The number of carbonyl (C=O) groups is 1. The van der Waals surface area contributed by atoms with Crippen LogP contribution in [0, 0.1) is 16.7 Å². The second kappa shape index (κ2) is 7.86. The normalized spacial score (nSPS) is 20.2. The number of benzene rings is 1. The fourth-order valence-electron chi connectivity index (χ4n) is 5.40. The Balaban J connectivity index is 1.58. The summed E-state index contributed by atoms with van der Waals surface area (Å²) in [6, 6.07) is 10.1. The number of hydrogen-bond acceptors (Lipinski definition) is 5. The first kappa shape index (κ1) is 21.9. The van der Waals surface area contributed by atoms with E-state index in [1.165, 1.54) is 6.08 Å². The van der Waals surface area contributed by atoms with Crippen LogP contribution in [-0.2, 0) is 22.6 Å². The first-order valence-electron chi connectivity index (χ1n) is 11.3. The topological polar surface area (TPSA) is 69.5 Å². The second-order valence-electron chi connectivity index (χ2n) is 10.00. The number of hydrogen-bond donors (Lipinski definition) is 0. The summed E-state index contributed by atoms with van der Waals surface area (Å²) in [7, 11) is 0. The van der Waals surface area contributed by atoms with Gasteiger partial charge in [0.25, 0.3) is 0 Å². The van der Waals surface area contributed by atoms with Crippen LogP contribution in [0.25, 0.3) is 11.1 Å². The van der Waals surface area contributed by atoms with E-state index in [2.05, 4.69) is 31.4 Å². The van der Waals surface area contributed by atoms with Crippen molar-refractivity contribution in [1.82, 2.24) is 9.88 Å². The molecule has 0 radical (unpaired) electrons. The van der Waals surface area contributed by atoms with Crippen LogP contribution in [0.4, 0.5) is 5.82 Å². The van der Waals surface area contributed by atoms with Crippen molar-refractivity contribution in [2.45, 2.75) is 38.9 Å². The molecule has 0 unspecified atom stereocenters. The summed E-state index contributed by atoms with van der Waals surface area (Å²) in [5.74, 6) is 0.696. The van der Waals surface area contributed by atoms with Crippen LogP contribution in [-0.4, -0.2) is 47.6 Å². The predicted octanol–water partition coefficient (Wildman–Crippen LogP) is 4.35. The van der Waals surface area contributed by atoms with Gasteiger partial charge in [0, 0.05) is 59.7 Å². The molecule has 2 saturated heterocycles. The molecule has 1 aromatic heterocycles. The molecular formula is C26H27ClN4O2. The molecule has 0 aliphatic carbocycles. The van der Waals surface area contributed by atoms with Crippen LogP contribution >= 0.6 is 11.6 Å². The maximum atomic E-state index is 12.0. The van der Waals surface area contributed by atoms with E-state index in [0.29, 0.717) is 29.4 Å². The zero-order valence-corrected chi connectivity index (χ0v) is 19.8. The van der Waals surface area contributed by atoms with Crippen LogP contribution in [0.15, 0.2) is 36.9 Å². The number of amides is 1. The standard InChI is InChI=1S/C26H27ClN4O2/c1-4-22(32)31-15-26(16-31)9-10-30(14-26)24-18(12-28)23(17-7-5-6-8-20(17)27)19-13-33-25(2,3)11-21(19)29-24/h4-8H,1,9-11,13-16H2,2-3H3. The maximum Gasteiger partial charge on any atom is 0.245 e. The van der Waals surface area contributed by atoms with E-state index in [4.69, 9.17) is 21.3 Å². The van der Waals surface area contributed by atoms with E-state index in [1.54, 1.807) is 0 Å². The summed E-state index contributed by atoms with van der Waals surface area (Å²) >= 11 is 6.60. The van der Waals surface area contributed by atoms with E-state index in [0.717, 1.165) is 55.0 Å². The third-order valence-electron chi connectivity index (χ3n) is 7.10. The van der Waals surface area contributed by atoms with Gasteiger partial charge >= 0.3 is 0 Å². The Bertz CT molecular complexity index is 1190. The van der Waals surface area contributed by atoms with Gasteiger partial charge in [-0.3, -0.25) is 4.79 Å². The second-order valence-corrected chi connectivity index (χ2v) is 10.4. The highest BCUT2D eigenvalue weighted by Crippen LogP contribution is 2.45. The van der Waals surface area contributed by atoms with Crippen molar-refractivity contribution >= 4 is 23.3 Å². The monoisotopic (exact) mass is 462 g/mol. The molecule has 0 atom stereocenters. The Kier molecular flexibility index (Phi) is 5.23. The molecule has 2 fully saturated rings. The maximum absolute atomic E-state index is 12.0. The van der Waals surface area contributed by atoms with Gasteiger partial charge in [0.15, 0.2) is 0 Å². The molecule has 33 heavy (non-hydrogen) atoms. The molecule has 0 saturated carbocycles. The highest BCUT2D eigenvalue weighted by Gasteiger charge is 2.49. The van der Waals surface area contributed by atoms with Gasteiger partial charge in [-0.2, -0.15) is 5.26 Å². The van der Waals surface area contributed by atoms with E-state index in [1.807, 2.05) is 29.2 Å². The number of ether oxygens (including phenoxy) is 1. The lowest BCUT2D eigenvalue weighted by atomic mass is 9.79. The Hall–Kier alpha value is -2.88. The summed E-state index contributed by atoms with van der Waals surface area (Å²) in [4.78, 5) is 21.1. The van der Waals surface area contributed by atoms with E-state index in [9.17, 15) is 10.1 Å². The van der Waals surface area contributed by atoms with Gasteiger partial charge in [-0.05, 0) is 32.4 Å². The molecule has 3 aliphatic heterocycles. The summed E-state index contributed by atoms with van der Waals surface area (Å²) in [6.07, 6.45) is 3.00. The number of fused-ring (bicyclic) bond motifs is 1. The number of anilines is 1. The minimum Gasteiger partial charge on any atom is -0.370 e. The van der Waals surface area contributed by atoms with Crippen LogP contribution in [0.2, 0.25) is 5.02 Å². The average molecular weight is 463 g/mol. The molecule has 170 valence electrons. The third kappa shape index (κ3) is 3.70. The first-order valence-corrected chi connectivity index (χ1v) is 11.6. The van der Waals surface area contributed by atoms with Crippen molar-refractivity contribution in [2.75, 3.05) is 31.1 Å². The van der Waals surface area contributed by atoms with Crippen LogP contribution in [0.3, 0.4) is 0 Å². The SMILES string of the molecule is C=CC(=O)N1CC2(CCN(c3nc4c(c(-c5ccccc5Cl)c3C#N)COC(C)(C)C4)C2)C1. The van der Waals surface area contributed by atoms with Gasteiger partial charge in [-0.25, -0.2) is 4.98 Å². The van der Waals surface area contributed by atoms with Crippen molar-refractivity contribution in [3.8, 4) is 17.2 Å². The number of pyridine rings is 1. The lowest BCUT2D eigenvalue weighted by Gasteiger charge is -2.47. The Morgan fingerprint density at radius 2 is 2.06 bits per heavy atom. The lowest BCUT2D eigenvalue weighted by Crippen LogP contribution is -2.59. The van der Waals surface area contributed by atoms with E-state index in [-0.39, 0.29) is 16.9 Å². The Morgan fingerprint density at radius 3 is 2.76 bits per heavy atom. The highest BCUT2D eigenvalue weighted by molar-refractivity contribution is 6.33. The van der Waals surface area contributed by atoms with Gasteiger partial charge in [0.1, 0.15) is 17.5 Å². The minimum absolute atomic E-state index is 0.0214. The number of nitriles is 1. The Labute approximate surface area is 199 Å². The number of likely N-dealkylation sites (tertiary alicyclic amines) is 1. The summed E-state index contributed by atoms with van der Waals surface area (Å²) in [5, 5.41) is 10.9. The molecule has 1 aromatic carbocycles. The molecule has 1 amide bonds. The molecule has 1 spiro atoms. The summed E-state index contributed by atoms with van der Waals surface area (Å²) in [5.41, 5.74) is 3.85. The highest BCUT2D eigenvalue weighted by atomic mass is 35.5. The van der Waals surface area contributed by atoms with Crippen molar-refractivity contribution in [3.63, 3.8) is 0 Å². The molecule has 0 N–H and O–H groups in total. The van der Waals surface area contributed by atoms with E-state index < -0.39 is 0 Å². The third-order valence-corrected chi connectivity index (χ3v) is 7.43. The van der Waals surface area contributed by atoms with Crippen LogP contribution < -0.4 is 4.90 Å². The number of carbonyl (C=O) groups excluding carboxylic acids is 1. The predicted molar refractivity (Wildman–Crippen MR) is 128 cm³/mol. The number of nitrogens with zero attached hydrogens (tertiary/aromatic N) is 4. The van der Waals surface area contributed by atoms with Gasteiger partial charge in [-0.1, -0.05) is 36.4 Å². The number of rotatable bonds is 3. The number of aromatic nitrogens is 1. The van der Waals surface area contributed by atoms with Crippen molar-refractivity contribution in [1.29, 1.82) is 5.26 Å². The summed E-state index contributed by atoms with van der Waals surface area (Å²) < 4.78 is 6.11. The van der Waals surface area contributed by atoms with Gasteiger partial charge < -0.3 is 14.5 Å². The summed E-state index contributed by atoms with van der Waals surface area (Å²) in [6.45, 7) is 11.1. The molecule has 4 heterocycles. The molecule has 2 aromatic rings. The van der Waals surface area contributed by atoms with E-state index >= 15 is 0 Å². The van der Waals surface area contributed by atoms with Gasteiger partial charge in [0.2, 0.25) is 5.91 Å². The van der Waals surface area contributed by atoms with Crippen molar-refractivity contribution < 1.29 is 9.53 Å². The zero-order chi connectivity index (χ0) is 23.4. The van der Waals surface area contributed by atoms with Crippen molar-refractivity contribution in [2.24, 2.45) is 5.41 Å². The van der Waals surface area contributed by atoms with Crippen molar-refractivity contribution in [3.05, 3.63) is 58.8 Å². The smallest absolute Gasteiger partial charge is 0.245 e.